The monoisotopic (exact) mass is 549 g/mol. The molecule has 5 nitrogen and oxygen atoms in total. The number of hydrogen-bond acceptors (Lipinski definition) is 4. The van der Waals surface area contributed by atoms with E-state index in [0.717, 1.165) is 39.6 Å². The van der Waals surface area contributed by atoms with E-state index in [9.17, 15) is 4.79 Å². The number of carbonyl (C=O) groups is 1. The molecule has 1 amide bonds. The molecular weight excluding hydrogens is 514 g/mol. The van der Waals surface area contributed by atoms with Crippen molar-refractivity contribution >= 4 is 34.6 Å². The lowest BCUT2D eigenvalue weighted by Gasteiger charge is -2.20. The fourth-order valence-corrected chi connectivity index (χ4v) is 5.83. The van der Waals surface area contributed by atoms with Crippen LogP contribution >= 0.6 is 11.8 Å². The highest BCUT2D eigenvalue weighted by molar-refractivity contribution is 8.18. The third-order valence-electron chi connectivity index (χ3n) is 7.12. The molecule has 0 aliphatic carbocycles. The Morgan fingerprint density at radius 3 is 2.23 bits per heavy atom. The minimum Gasteiger partial charge on any atom is -0.497 e. The Hall–Kier alpha value is -4.03. The Morgan fingerprint density at radius 1 is 0.925 bits per heavy atom. The number of para-hydroxylation sites is 1. The summed E-state index contributed by atoms with van der Waals surface area (Å²) < 4.78 is 7.55. The zero-order valence-corrected chi connectivity index (χ0v) is 24.8. The van der Waals surface area contributed by atoms with Crippen LogP contribution in [0.2, 0.25) is 0 Å². The van der Waals surface area contributed by atoms with Gasteiger partial charge in [0.2, 0.25) is 0 Å². The topological polar surface area (TPSA) is 46.8 Å². The van der Waals surface area contributed by atoms with Crippen molar-refractivity contribution in [3.8, 4) is 11.4 Å². The van der Waals surface area contributed by atoms with Crippen molar-refractivity contribution in [2.45, 2.75) is 46.6 Å². The van der Waals surface area contributed by atoms with Gasteiger partial charge in [-0.25, -0.2) is 4.99 Å². The van der Waals surface area contributed by atoms with Gasteiger partial charge >= 0.3 is 0 Å². The molecule has 4 aromatic rings. The second-order valence-corrected chi connectivity index (χ2v) is 12.0. The average molecular weight is 550 g/mol. The van der Waals surface area contributed by atoms with Crippen LogP contribution < -0.4 is 4.74 Å². The molecule has 0 N–H and O–H groups in total. The number of carbonyl (C=O) groups excluding carboxylic acids is 1. The van der Waals surface area contributed by atoms with Gasteiger partial charge in [0, 0.05) is 17.1 Å². The molecular formula is C34H35N3O2S. The maximum atomic E-state index is 13.8. The van der Waals surface area contributed by atoms with Gasteiger partial charge in [0.1, 0.15) is 5.75 Å². The Labute approximate surface area is 241 Å². The first-order valence-electron chi connectivity index (χ1n) is 13.4. The first-order chi connectivity index (χ1) is 19.1. The normalized spacial score (nSPS) is 15.8. The summed E-state index contributed by atoms with van der Waals surface area (Å²) in [7, 11) is 1.65. The Balaban J connectivity index is 1.49. The van der Waals surface area contributed by atoms with E-state index < -0.39 is 0 Å². The number of aliphatic imine (C=N–C) groups is 1. The molecule has 2 heterocycles. The summed E-state index contributed by atoms with van der Waals surface area (Å²) in [5.74, 6) is 0.739. The molecule has 0 bridgehead atoms. The maximum absolute atomic E-state index is 13.8. The van der Waals surface area contributed by atoms with E-state index in [1.54, 1.807) is 12.0 Å². The van der Waals surface area contributed by atoms with Crippen molar-refractivity contribution in [1.29, 1.82) is 0 Å². The van der Waals surface area contributed by atoms with Crippen LogP contribution in [0.1, 0.15) is 48.8 Å². The van der Waals surface area contributed by atoms with Gasteiger partial charge < -0.3 is 9.30 Å². The number of ether oxygens (including phenoxy) is 1. The number of amides is 1. The number of aryl methyl sites for hydroxylation is 1. The first kappa shape index (κ1) is 27.5. The van der Waals surface area contributed by atoms with Crippen LogP contribution in [-0.4, -0.2) is 27.7 Å². The summed E-state index contributed by atoms with van der Waals surface area (Å²) >= 11 is 1.42. The smallest absolute Gasteiger partial charge is 0.267 e. The number of methoxy groups -OCH3 is 1. The summed E-state index contributed by atoms with van der Waals surface area (Å²) in [6.07, 6.45) is 2.00. The second-order valence-electron chi connectivity index (χ2n) is 11.0. The molecule has 40 heavy (non-hydrogen) atoms. The van der Waals surface area contributed by atoms with Gasteiger partial charge in [0.15, 0.2) is 5.17 Å². The quantitative estimate of drug-likeness (QED) is 0.228. The van der Waals surface area contributed by atoms with Crippen molar-refractivity contribution in [2.75, 3.05) is 7.11 Å². The molecule has 0 saturated carbocycles. The van der Waals surface area contributed by atoms with Gasteiger partial charge in [-0.05, 0) is 96.3 Å². The van der Waals surface area contributed by atoms with Crippen LogP contribution in [0, 0.1) is 13.8 Å². The Morgan fingerprint density at radius 2 is 1.60 bits per heavy atom. The number of amidine groups is 1. The van der Waals surface area contributed by atoms with Crippen molar-refractivity contribution in [3.05, 3.63) is 118 Å². The van der Waals surface area contributed by atoms with Crippen molar-refractivity contribution < 1.29 is 9.53 Å². The van der Waals surface area contributed by atoms with Gasteiger partial charge in [-0.2, -0.15) is 0 Å². The highest BCUT2D eigenvalue weighted by Gasteiger charge is 2.34. The minimum atomic E-state index is -0.0465. The van der Waals surface area contributed by atoms with Crippen LogP contribution in [0.3, 0.4) is 0 Å². The molecule has 0 spiro atoms. The third-order valence-corrected chi connectivity index (χ3v) is 8.12. The van der Waals surface area contributed by atoms with E-state index in [0.29, 0.717) is 16.6 Å². The maximum Gasteiger partial charge on any atom is 0.267 e. The summed E-state index contributed by atoms with van der Waals surface area (Å²) in [5.41, 5.74) is 7.59. The van der Waals surface area contributed by atoms with Crippen molar-refractivity contribution in [1.82, 2.24) is 9.47 Å². The molecule has 0 unspecified atom stereocenters. The number of rotatable bonds is 6. The molecule has 1 saturated heterocycles. The fourth-order valence-electron chi connectivity index (χ4n) is 4.84. The third kappa shape index (κ3) is 5.77. The molecule has 1 aliphatic rings. The van der Waals surface area contributed by atoms with Gasteiger partial charge in [-0.15, -0.1) is 0 Å². The average Bonchev–Trinajstić information content (AvgIpc) is 3.38. The summed E-state index contributed by atoms with van der Waals surface area (Å²) in [5, 5.41) is 0.671. The van der Waals surface area contributed by atoms with Gasteiger partial charge in [-0.1, -0.05) is 63.2 Å². The molecule has 5 rings (SSSR count). The zero-order chi connectivity index (χ0) is 28.4. The highest BCUT2D eigenvalue weighted by atomic mass is 32.2. The van der Waals surface area contributed by atoms with E-state index in [1.807, 2.05) is 60.7 Å². The Kier molecular flexibility index (Phi) is 7.72. The number of benzene rings is 3. The number of nitrogens with zero attached hydrogens (tertiary/aromatic N) is 3. The first-order valence-corrected chi connectivity index (χ1v) is 14.2. The number of thioether (sulfide) groups is 1. The molecule has 6 heteroatoms. The molecule has 3 aromatic carbocycles. The highest BCUT2D eigenvalue weighted by Crippen LogP contribution is 2.36. The van der Waals surface area contributed by atoms with Crippen molar-refractivity contribution in [3.63, 3.8) is 0 Å². The predicted octanol–water partition coefficient (Wildman–Crippen LogP) is 8.20. The van der Waals surface area contributed by atoms with Crippen LogP contribution in [-0.2, 0) is 16.8 Å². The standard InChI is InChI=1S/C34H35N3O2S/c1-23-20-26(24(2)37(23)29-16-14-27(15-17-29)34(3,4)5)21-31-32(38)36(22-25-12-18-30(39-6)19-13-25)33(40-31)35-28-10-8-7-9-11-28/h7-21H,22H2,1-6H3/b31-21-,35-33?. The van der Waals surface area contributed by atoms with Gasteiger partial charge in [0.25, 0.3) is 5.91 Å². The molecule has 0 radical (unpaired) electrons. The Bertz CT molecular complexity index is 1580. The molecule has 1 fully saturated rings. The van der Waals surface area contributed by atoms with E-state index in [4.69, 9.17) is 9.73 Å². The lowest BCUT2D eigenvalue weighted by Crippen LogP contribution is -2.28. The molecule has 1 aromatic heterocycles. The zero-order valence-electron chi connectivity index (χ0n) is 23.9. The van der Waals surface area contributed by atoms with E-state index in [-0.39, 0.29) is 11.3 Å². The molecule has 204 valence electrons. The van der Waals surface area contributed by atoms with Crippen LogP contribution in [0.4, 0.5) is 5.69 Å². The largest absolute Gasteiger partial charge is 0.497 e. The summed E-state index contributed by atoms with van der Waals surface area (Å²) in [4.78, 5) is 21.0. The van der Waals surface area contributed by atoms with Crippen molar-refractivity contribution in [2.24, 2.45) is 4.99 Å². The van der Waals surface area contributed by atoms with Crippen LogP contribution in [0.25, 0.3) is 11.8 Å². The SMILES string of the molecule is COc1ccc(CN2C(=O)/C(=C/c3cc(C)n(-c4ccc(C(C)(C)C)cc4)c3C)SC2=Nc2ccccc2)cc1. The van der Waals surface area contributed by atoms with Crippen LogP contribution in [0.5, 0.6) is 5.75 Å². The minimum absolute atomic E-state index is 0.0465. The summed E-state index contributed by atoms with van der Waals surface area (Å²) in [6.45, 7) is 11.3. The molecule has 1 aliphatic heterocycles. The lowest BCUT2D eigenvalue weighted by molar-refractivity contribution is -0.122. The number of aromatic nitrogens is 1. The lowest BCUT2D eigenvalue weighted by atomic mass is 9.87. The number of hydrogen-bond donors (Lipinski definition) is 0. The van der Waals surface area contributed by atoms with Crippen LogP contribution in [0.15, 0.2) is 94.8 Å². The van der Waals surface area contributed by atoms with Gasteiger partial charge in [0.05, 0.1) is 24.2 Å². The summed E-state index contributed by atoms with van der Waals surface area (Å²) in [6, 6.07) is 28.5. The second kappa shape index (κ2) is 11.2. The fraction of sp³-hybridized carbons (Fsp3) is 0.235. The van der Waals surface area contributed by atoms with E-state index >= 15 is 0 Å². The van der Waals surface area contributed by atoms with E-state index in [1.165, 1.54) is 17.3 Å². The molecule has 0 atom stereocenters. The predicted molar refractivity (Wildman–Crippen MR) is 167 cm³/mol. The van der Waals surface area contributed by atoms with Gasteiger partial charge in [-0.3, -0.25) is 9.69 Å². The van der Waals surface area contributed by atoms with E-state index in [2.05, 4.69) is 69.5 Å².